The van der Waals surface area contributed by atoms with Crippen LogP contribution in [0.3, 0.4) is 0 Å². The summed E-state index contributed by atoms with van der Waals surface area (Å²) in [6, 6.07) is 0. The molecule has 2 spiro atoms. The fourth-order valence-corrected chi connectivity index (χ4v) is 7.98. The van der Waals surface area contributed by atoms with Gasteiger partial charge in [-0.05, 0) is 49.0 Å². The second-order valence-electron chi connectivity index (χ2n) is 10.5. The summed E-state index contributed by atoms with van der Waals surface area (Å²) in [6.07, 6.45) is 8.89. The number of ether oxygens (including phenoxy) is 4. The van der Waals surface area contributed by atoms with Gasteiger partial charge in [-0.25, -0.2) is 0 Å². The summed E-state index contributed by atoms with van der Waals surface area (Å²) in [6.45, 7) is 7.46. The first kappa shape index (κ1) is 18.1. The molecule has 6 aliphatic rings. The third kappa shape index (κ3) is 2.09. The van der Waals surface area contributed by atoms with Crippen molar-refractivity contribution in [2.75, 3.05) is 26.4 Å². The molecule has 0 N–H and O–H groups in total. The van der Waals surface area contributed by atoms with E-state index in [-0.39, 0.29) is 16.7 Å². The Morgan fingerprint density at radius 3 is 2.29 bits per heavy atom. The number of ketones is 1. The number of rotatable bonds is 0. The molecule has 0 aromatic heterocycles. The highest BCUT2D eigenvalue weighted by Crippen LogP contribution is 2.68. The second kappa shape index (κ2) is 5.69. The molecule has 3 saturated carbocycles. The second-order valence-corrected chi connectivity index (χ2v) is 10.5. The Hall–Kier alpha value is -0.750. The maximum atomic E-state index is 13.5. The van der Waals surface area contributed by atoms with Gasteiger partial charge in [0.1, 0.15) is 0 Å². The molecule has 5 heteroatoms. The standard InChI is InChI=1S/C23H32O5/c1-20-7-8-22(25-9-10-26-22)14-15(20)13-18(24)19-16(20)3-5-21(2)17(19)4-6-23(21)27-11-12-28-23/h13,16-17,19H,3-12,14H2,1-2H3/t16-,17-,19+,20-,21-/m0/s1. The van der Waals surface area contributed by atoms with E-state index in [0.29, 0.717) is 44.0 Å². The lowest BCUT2D eigenvalue weighted by molar-refractivity contribution is -0.242. The van der Waals surface area contributed by atoms with E-state index in [1.54, 1.807) is 0 Å². The van der Waals surface area contributed by atoms with Crippen molar-refractivity contribution in [2.45, 2.75) is 70.4 Å². The molecule has 5 atom stereocenters. The van der Waals surface area contributed by atoms with E-state index >= 15 is 0 Å². The van der Waals surface area contributed by atoms with Crippen LogP contribution in [0.2, 0.25) is 0 Å². The van der Waals surface area contributed by atoms with Crippen LogP contribution in [-0.4, -0.2) is 43.8 Å². The zero-order valence-electron chi connectivity index (χ0n) is 17.1. The highest BCUT2D eigenvalue weighted by atomic mass is 16.7. The molecule has 4 aliphatic carbocycles. The molecule has 0 amide bonds. The zero-order valence-corrected chi connectivity index (χ0v) is 17.1. The number of hydrogen-bond donors (Lipinski definition) is 0. The third-order valence-corrected chi connectivity index (χ3v) is 9.56. The van der Waals surface area contributed by atoms with Crippen LogP contribution in [0.1, 0.15) is 58.8 Å². The molecule has 0 aromatic carbocycles. The third-order valence-electron chi connectivity index (χ3n) is 9.56. The quantitative estimate of drug-likeness (QED) is 0.634. The molecule has 5 nitrogen and oxygen atoms in total. The molecule has 0 bridgehead atoms. The highest BCUT2D eigenvalue weighted by molar-refractivity contribution is 5.94. The number of carbonyl (C=O) groups excluding carboxylic acids is 1. The van der Waals surface area contributed by atoms with Gasteiger partial charge in [0.25, 0.3) is 0 Å². The van der Waals surface area contributed by atoms with Gasteiger partial charge in [0, 0.05) is 30.6 Å². The minimum atomic E-state index is -0.468. The van der Waals surface area contributed by atoms with Crippen LogP contribution < -0.4 is 0 Å². The van der Waals surface area contributed by atoms with Crippen molar-refractivity contribution in [3.8, 4) is 0 Å². The van der Waals surface area contributed by atoms with E-state index < -0.39 is 11.6 Å². The van der Waals surface area contributed by atoms with E-state index in [1.165, 1.54) is 5.57 Å². The summed E-state index contributed by atoms with van der Waals surface area (Å²) >= 11 is 0. The average Bonchev–Trinajstić information content (AvgIpc) is 3.39. The zero-order chi connectivity index (χ0) is 19.2. The maximum Gasteiger partial charge on any atom is 0.174 e. The lowest BCUT2D eigenvalue weighted by Gasteiger charge is -2.58. The molecule has 5 fully saturated rings. The number of carbonyl (C=O) groups is 1. The summed E-state index contributed by atoms with van der Waals surface area (Å²) in [7, 11) is 0. The van der Waals surface area contributed by atoms with Crippen molar-refractivity contribution in [1.29, 1.82) is 0 Å². The minimum Gasteiger partial charge on any atom is -0.347 e. The molecule has 6 rings (SSSR count). The average molecular weight is 389 g/mol. The van der Waals surface area contributed by atoms with Gasteiger partial charge in [0.15, 0.2) is 17.4 Å². The van der Waals surface area contributed by atoms with E-state index in [2.05, 4.69) is 13.8 Å². The SMILES string of the molecule is C[C@]12CCC3(CC1=CC(=O)[C@@H]1[C@@H]2CC[C@@]2(C)[C@H]1CCC21OCCO1)OCCO3. The number of allylic oxidation sites excluding steroid dienone is 1. The summed E-state index contributed by atoms with van der Waals surface area (Å²) in [5, 5.41) is 0. The van der Waals surface area contributed by atoms with Crippen molar-refractivity contribution < 1.29 is 23.7 Å². The normalized spacial score (nSPS) is 48.4. The van der Waals surface area contributed by atoms with Gasteiger partial charge in [-0.3, -0.25) is 4.79 Å². The molecule has 0 radical (unpaired) electrons. The van der Waals surface area contributed by atoms with E-state index in [1.807, 2.05) is 6.08 Å². The van der Waals surface area contributed by atoms with Crippen LogP contribution in [0.5, 0.6) is 0 Å². The molecule has 2 aliphatic heterocycles. The molecule has 154 valence electrons. The van der Waals surface area contributed by atoms with Crippen molar-refractivity contribution in [1.82, 2.24) is 0 Å². The summed E-state index contributed by atoms with van der Waals surface area (Å²) < 4.78 is 24.4. The van der Waals surface area contributed by atoms with E-state index in [9.17, 15) is 4.79 Å². The van der Waals surface area contributed by atoms with Gasteiger partial charge in [-0.15, -0.1) is 0 Å². The van der Waals surface area contributed by atoms with Crippen LogP contribution in [0.4, 0.5) is 0 Å². The first-order chi connectivity index (χ1) is 13.4. The fourth-order valence-electron chi connectivity index (χ4n) is 7.98. The Bertz CT molecular complexity index is 731. The molecule has 0 aromatic rings. The van der Waals surface area contributed by atoms with Crippen LogP contribution in [-0.2, 0) is 23.7 Å². The monoisotopic (exact) mass is 388 g/mol. The largest absolute Gasteiger partial charge is 0.347 e. The number of hydrogen-bond acceptors (Lipinski definition) is 5. The minimum absolute atomic E-state index is 0.0460. The maximum absolute atomic E-state index is 13.5. The van der Waals surface area contributed by atoms with Crippen molar-refractivity contribution in [3.05, 3.63) is 11.6 Å². The molecular formula is C23H32O5. The Balaban J connectivity index is 1.36. The molecule has 2 heterocycles. The smallest absolute Gasteiger partial charge is 0.174 e. The predicted molar refractivity (Wildman–Crippen MR) is 101 cm³/mol. The summed E-state index contributed by atoms with van der Waals surface area (Å²) in [4.78, 5) is 13.5. The van der Waals surface area contributed by atoms with E-state index in [4.69, 9.17) is 18.9 Å². The van der Waals surface area contributed by atoms with Gasteiger partial charge >= 0.3 is 0 Å². The lowest BCUT2D eigenvalue weighted by Crippen LogP contribution is -2.57. The fraction of sp³-hybridized carbons (Fsp3) is 0.870. The molecule has 28 heavy (non-hydrogen) atoms. The Kier molecular flexibility index (Phi) is 3.67. The molecular weight excluding hydrogens is 356 g/mol. The van der Waals surface area contributed by atoms with Gasteiger partial charge in [-0.2, -0.15) is 0 Å². The predicted octanol–water partition coefficient (Wildman–Crippen LogP) is 3.61. The Morgan fingerprint density at radius 2 is 1.54 bits per heavy atom. The summed E-state index contributed by atoms with van der Waals surface area (Å²) in [5.74, 6) is 0.313. The van der Waals surface area contributed by atoms with Gasteiger partial charge in [0.2, 0.25) is 0 Å². The van der Waals surface area contributed by atoms with Gasteiger partial charge in [0.05, 0.1) is 26.4 Å². The summed E-state index contributed by atoms with van der Waals surface area (Å²) in [5.41, 5.74) is 1.32. The van der Waals surface area contributed by atoms with Crippen LogP contribution in [0.25, 0.3) is 0 Å². The van der Waals surface area contributed by atoms with Crippen LogP contribution in [0, 0.1) is 28.6 Å². The van der Waals surface area contributed by atoms with Crippen molar-refractivity contribution in [3.63, 3.8) is 0 Å². The van der Waals surface area contributed by atoms with Gasteiger partial charge < -0.3 is 18.9 Å². The highest BCUT2D eigenvalue weighted by Gasteiger charge is 2.68. The molecule has 2 saturated heterocycles. The first-order valence-corrected chi connectivity index (χ1v) is 11.2. The lowest BCUT2D eigenvalue weighted by atomic mass is 9.47. The topological polar surface area (TPSA) is 54.0 Å². The Morgan fingerprint density at radius 1 is 0.857 bits per heavy atom. The van der Waals surface area contributed by atoms with Gasteiger partial charge in [-0.1, -0.05) is 19.4 Å². The van der Waals surface area contributed by atoms with Crippen LogP contribution >= 0.6 is 0 Å². The van der Waals surface area contributed by atoms with Crippen molar-refractivity contribution in [2.24, 2.45) is 28.6 Å². The number of fused-ring (bicyclic) bond motifs is 6. The Labute approximate surface area is 167 Å². The van der Waals surface area contributed by atoms with Crippen LogP contribution in [0.15, 0.2) is 11.6 Å². The molecule has 0 unspecified atom stereocenters. The first-order valence-electron chi connectivity index (χ1n) is 11.2. The van der Waals surface area contributed by atoms with E-state index in [0.717, 1.165) is 44.9 Å². The van der Waals surface area contributed by atoms with Crippen molar-refractivity contribution >= 4 is 5.78 Å².